The highest BCUT2D eigenvalue weighted by molar-refractivity contribution is 7.90. The number of hydrogen-bond donors (Lipinski definition) is 3. The Bertz CT molecular complexity index is 2060. The first-order valence-corrected chi connectivity index (χ1v) is 21.5. The highest BCUT2D eigenvalue weighted by Crippen LogP contribution is 2.45. The number of carbonyl (C=O) groups excluding carboxylic acids is 4. The number of sulfonamides is 1. The molecule has 0 unspecified atom stereocenters. The third-order valence-electron chi connectivity index (χ3n) is 10.5. The number of rotatable bonds is 13. The van der Waals surface area contributed by atoms with E-state index in [0.717, 1.165) is 31.2 Å². The fourth-order valence-corrected chi connectivity index (χ4v) is 9.20. The third kappa shape index (κ3) is 7.89. The summed E-state index contributed by atoms with van der Waals surface area (Å²) in [5, 5.41) is 16.7. The van der Waals surface area contributed by atoms with Crippen LogP contribution in [0.25, 0.3) is 22.3 Å². The maximum absolute atomic E-state index is 14.5. The van der Waals surface area contributed by atoms with Crippen molar-refractivity contribution in [3.8, 4) is 22.3 Å². The van der Waals surface area contributed by atoms with E-state index in [0.29, 0.717) is 16.7 Å². The molecular formula is C37H46N6O8S3. The van der Waals surface area contributed by atoms with Crippen LogP contribution in [0, 0.1) is 11.8 Å². The summed E-state index contributed by atoms with van der Waals surface area (Å²) in [6, 6.07) is 0.673. The maximum Gasteiger partial charge on any atom is 0.408 e. The Morgan fingerprint density at radius 2 is 1.72 bits per heavy atom. The number of likely N-dealkylation sites (tertiary alicyclic amines) is 1. The summed E-state index contributed by atoms with van der Waals surface area (Å²) >= 11 is 2.93. The fourth-order valence-electron chi connectivity index (χ4n) is 7.22. The molecule has 1 aliphatic heterocycles. The molecule has 14 nitrogen and oxygen atoms in total. The molecular weight excluding hydrogens is 753 g/mol. The molecule has 2 aliphatic carbocycles. The summed E-state index contributed by atoms with van der Waals surface area (Å²) < 4.78 is 34.3. The van der Waals surface area contributed by atoms with Gasteiger partial charge in [-0.25, -0.2) is 17.9 Å². The van der Waals surface area contributed by atoms with Gasteiger partial charge >= 0.3 is 6.09 Å². The molecule has 54 heavy (non-hydrogen) atoms. The molecule has 3 aromatic rings. The van der Waals surface area contributed by atoms with Crippen LogP contribution in [-0.4, -0.2) is 82.4 Å². The molecule has 1 saturated heterocycles. The molecule has 0 aromatic carbocycles. The molecule has 17 heteroatoms. The first kappa shape index (κ1) is 39.3. The average molecular weight is 799 g/mol. The van der Waals surface area contributed by atoms with Crippen molar-refractivity contribution in [1.29, 1.82) is 0 Å². The summed E-state index contributed by atoms with van der Waals surface area (Å²) in [4.78, 5) is 71.1. The molecule has 6 rings (SSSR count). The second-order valence-corrected chi connectivity index (χ2v) is 18.6. The Kier molecular flexibility index (Phi) is 11.5. The summed E-state index contributed by atoms with van der Waals surface area (Å²) in [6.45, 7) is 10.0. The van der Waals surface area contributed by atoms with E-state index in [4.69, 9.17) is 4.74 Å². The van der Waals surface area contributed by atoms with Crippen LogP contribution in [0.2, 0.25) is 0 Å². The minimum atomic E-state index is -4.03. The Morgan fingerprint density at radius 3 is 2.30 bits per heavy atom. The van der Waals surface area contributed by atoms with Crippen LogP contribution in [0.1, 0.15) is 72.3 Å². The van der Waals surface area contributed by atoms with Crippen molar-refractivity contribution < 1.29 is 32.3 Å². The summed E-state index contributed by atoms with van der Waals surface area (Å²) in [6.07, 6.45) is 5.53. The SMILES string of the molecule is C=C[C@@H]1C[C@]1(NC(=O)[C@@H]1C[C@@H](n2ncc(-c3ccsc3)c(-c3ccsc3)c2=O)CN1C(=O)[C@@H](NC(=O)OC1CCCC1)C(C)C)C(=O)NS(=O)(=O)C(C)C. The molecule has 0 spiro atoms. The standard InChI is InChI=1S/C37H46N6O8S3/c1-6-25-16-37(25,35(47)41-54(49,50)22(4)5)40-32(44)29-15-26(18-42(29)34(46)31(21(2)3)39-36(48)51-27-9-7-8-10-27)43-33(45)30(24-12-14-53-20-24)28(17-38-43)23-11-13-52-19-23/h6,11-14,17,19-22,25-27,29,31H,1,7-10,15-16,18H2,2-5H3,(H,39,48)(H,40,44)(H,41,47)/t25-,26-,29+,31+,37-/m1/s1. The quantitative estimate of drug-likeness (QED) is 0.210. The summed E-state index contributed by atoms with van der Waals surface area (Å²) in [5.74, 6) is -3.18. The van der Waals surface area contributed by atoms with Crippen molar-refractivity contribution in [2.24, 2.45) is 11.8 Å². The molecule has 3 aliphatic rings. The van der Waals surface area contributed by atoms with Crippen LogP contribution >= 0.6 is 22.7 Å². The Balaban J connectivity index is 1.34. The van der Waals surface area contributed by atoms with Crippen molar-refractivity contribution in [1.82, 2.24) is 30.0 Å². The van der Waals surface area contributed by atoms with E-state index in [1.807, 2.05) is 33.7 Å². The molecule has 0 bridgehead atoms. The second-order valence-electron chi connectivity index (χ2n) is 14.8. The molecule has 4 amide bonds. The lowest BCUT2D eigenvalue weighted by Gasteiger charge is -2.31. The van der Waals surface area contributed by atoms with Gasteiger partial charge in [0, 0.05) is 24.4 Å². The lowest BCUT2D eigenvalue weighted by molar-refractivity contribution is -0.141. The topological polar surface area (TPSA) is 186 Å². The smallest absolute Gasteiger partial charge is 0.408 e. The van der Waals surface area contributed by atoms with Crippen LogP contribution in [0.4, 0.5) is 4.79 Å². The van der Waals surface area contributed by atoms with Crippen molar-refractivity contribution in [2.45, 2.75) is 101 Å². The number of alkyl carbamates (subject to hydrolysis) is 1. The molecule has 0 radical (unpaired) electrons. The molecule has 290 valence electrons. The molecule has 4 heterocycles. The van der Waals surface area contributed by atoms with Crippen LogP contribution in [0.15, 0.2) is 57.3 Å². The molecule has 2 saturated carbocycles. The van der Waals surface area contributed by atoms with E-state index in [1.54, 1.807) is 20.0 Å². The van der Waals surface area contributed by atoms with Crippen molar-refractivity contribution in [2.75, 3.05) is 6.54 Å². The zero-order valence-electron chi connectivity index (χ0n) is 30.6. The van der Waals surface area contributed by atoms with Crippen LogP contribution in [0.5, 0.6) is 0 Å². The highest BCUT2D eigenvalue weighted by atomic mass is 32.2. The number of aromatic nitrogens is 2. The fraction of sp³-hybridized carbons (Fsp3) is 0.514. The van der Waals surface area contributed by atoms with Crippen molar-refractivity contribution in [3.05, 3.63) is 62.9 Å². The van der Waals surface area contributed by atoms with Crippen LogP contribution in [-0.2, 0) is 29.1 Å². The van der Waals surface area contributed by atoms with Gasteiger partial charge in [-0.2, -0.15) is 27.8 Å². The predicted octanol–water partition coefficient (Wildman–Crippen LogP) is 4.45. The average Bonchev–Trinajstić information content (AvgIpc) is 3.80. The first-order valence-electron chi connectivity index (χ1n) is 18.1. The molecule has 5 atom stereocenters. The van der Waals surface area contributed by atoms with Gasteiger partial charge in [-0.3, -0.25) is 23.9 Å². The van der Waals surface area contributed by atoms with E-state index in [-0.39, 0.29) is 25.5 Å². The normalized spacial score (nSPS) is 23.3. The lowest BCUT2D eigenvalue weighted by atomic mass is 10.0. The third-order valence-corrected chi connectivity index (χ3v) is 13.6. The van der Waals surface area contributed by atoms with Crippen LogP contribution in [0.3, 0.4) is 0 Å². The number of ether oxygens (including phenoxy) is 1. The van der Waals surface area contributed by atoms with E-state index in [1.165, 1.54) is 52.2 Å². The van der Waals surface area contributed by atoms with Crippen molar-refractivity contribution in [3.63, 3.8) is 0 Å². The van der Waals surface area contributed by atoms with Gasteiger partial charge in [-0.1, -0.05) is 19.9 Å². The minimum Gasteiger partial charge on any atom is -0.446 e. The van der Waals surface area contributed by atoms with Gasteiger partial charge < -0.3 is 20.3 Å². The molecule has 3 aromatic heterocycles. The Hall–Kier alpha value is -4.35. The van der Waals surface area contributed by atoms with Gasteiger partial charge in [0.1, 0.15) is 23.7 Å². The second kappa shape index (κ2) is 15.8. The van der Waals surface area contributed by atoms with Gasteiger partial charge in [-0.05, 0) is 96.6 Å². The van der Waals surface area contributed by atoms with E-state index in [9.17, 15) is 32.4 Å². The van der Waals surface area contributed by atoms with Crippen LogP contribution < -0.4 is 20.9 Å². The molecule has 3 N–H and O–H groups in total. The number of carbonyl (C=O) groups is 4. The highest BCUT2D eigenvalue weighted by Gasteiger charge is 2.61. The van der Waals surface area contributed by atoms with Gasteiger partial charge in [0.05, 0.1) is 23.1 Å². The summed E-state index contributed by atoms with van der Waals surface area (Å²) in [7, 11) is -4.03. The molecule has 3 fully saturated rings. The first-order chi connectivity index (χ1) is 25.7. The number of thiophene rings is 2. The summed E-state index contributed by atoms with van der Waals surface area (Å²) in [5.41, 5.74) is 0.601. The number of nitrogens with zero attached hydrogens (tertiary/aromatic N) is 3. The number of nitrogens with one attached hydrogen (secondary N) is 3. The Labute approximate surface area is 322 Å². The number of amides is 4. The van der Waals surface area contributed by atoms with E-state index in [2.05, 4.69) is 27.0 Å². The van der Waals surface area contributed by atoms with Gasteiger partial charge in [-0.15, -0.1) is 6.58 Å². The van der Waals surface area contributed by atoms with E-state index >= 15 is 0 Å². The lowest BCUT2D eigenvalue weighted by Crippen LogP contribution is -2.59. The van der Waals surface area contributed by atoms with Gasteiger partial charge in [0.2, 0.25) is 21.8 Å². The van der Waals surface area contributed by atoms with Gasteiger partial charge in [0.25, 0.3) is 11.5 Å². The number of hydrogen-bond acceptors (Lipinski definition) is 11. The zero-order chi connectivity index (χ0) is 38.9. The monoisotopic (exact) mass is 798 g/mol. The maximum atomic E-state index is 14.5. The van der Waals surface area contributed by atoms with E-state index < -0.39 is 80.1 Å². The predicted molar refractivity (Wildman–Crippen MR) is 206 cm³/mol. The minimum absolute atomic E-state index is 0.0521. The Morgan fingerprint density at radius 1 is 1.06 bits per heavy atom. The zero-order valence-corrected chi connectivity index (χ0v) is 33.1. The van der Waals surface area contributed by atoms with Crippen molar-refractivity contribution >= 4 is 56.5 Å². The van der Waals surface area contributed by atoms with Gasteiger partial charge in [0.15, 0.2) is 0 Å². The largest absolute Gasteiger partial charge is 0.446 e.